The van der Waals surface area contributed by atoms with Crippen molar-refractivity contribution in [3.8, 4) is 11.1 Å². The third-order valence-electron chi connectivity index (χ3n) is 7.97. The van der Waals surface area contributed by atoms with Crippen molar-refractivity contribution < 1.29 is 27.1 Å². The van der Waals surface area contributed by atoms with Crippen LogP contribution in [-0.2, 0) is 9.53 Å². The smallest absolute Gasteiger partial charge is 0.421 e. The molecule has 0 N–H and O–H groups in total. The van der Waals surface area contributed by atoms with Crippen LogP contribution in [-0.4, -0.2) is 12.1 Å². The molecule has 0 saturated heterocycles. The van der Waals surface area contributed by atoms with E-state index in [9.17, 15) is 22.4 Å². The molecule has 1 atom stereocenters. The minimum Gasteiger partial charge on any atom is -0.421 e. The van der Waals surface area contributed by atoms with E-state index in [1.807, 2.05) is 6.07 Å². The van der Waals surface area contributed by atoms with Crippen LogP contribution >= 0.6 is 0 Å². The van der Waals surface area contributed by atoms with E-state index >= 15 is 0 Å². The fourth-order valence-corrected chi connectivity index (χ4v) is 5.18. The summed E-state index contributed by atoms with van der Waals surface area (Å²) in [5.74, 6) is -3.96. The monoisotopic (exact) mass is 616 g/mol. The highest BCUT2D eigenvalue weighted by molar-refractivity contribution is 5.79. The molecule has 244 valence electrons. The number of unbranched alkanes of at least 4 members (excludes halogenated alkanes) is 15. The lowest BCUT2D eigenvalue weighted by Crippen LogP contribution is -2.21. The van der Waals surface area contributed by atoms with Gasteiger partial charge >= 0.3 is 12.1 Å². The van der Waals surface area contributed by atoms with Crippen LogP contribution < -0.4 is 0 Å². The molecule has 0 aliphatic rings. The molecule has 0 saturated carbocycles. The molecule has 0 aliphatic carbocycles. The van der Waals surface area contributed by atoms with Gasteiger partial charge in [0.05, 0.1) is 5.92 Å². The fourth-order valence-electron chi connectivity index (χ4n) is 5.18. The highest BCUT2D eigenvalue weighted by Crippen LogP contribution is 2.31. The van der Waals surface area contributed by atoms with Crippen LogP contribution in [0.3, 0.4) is 0 Å². The molecule has 2 rings (SSSR count). The summed E-state index contributed by atoms with van der Waals surface area (Å²) in [6.07, 6.45) is 19.6. The summed E-state index contributed by atoms with van der Waals surface area (Å²) in [5, 5.41) is 0. The van der Waals surface area contributed by atoms with E-state index in [0.717, 1.165) is 38.2 Å². The lowest BCUT2D eigenvalue weighted by molar-refractivity contribution is -0.161. The van der Waals surface area contributed by atoms with Gasteiger partial charge in [0.25, 0.3) is 0 Å². The van der Waals surface area contributed by atoms with Crippen molar-refractivity contribution in [3.05, 3.63) is 83.9 Å². The standard InChI is InChI=1S/C38H52F4O2/c1-3-4-5-6-7-8-9-10-11-12-13-14-15-16-17-18-19-20-24-27-36(38(40,41)42)44-37(43)31(2)33-28-29-34(35(39)30-33)32-25-22-21-23-26-32/h10-11,21-23,25-31H,3-9,12-20,24H2,1-2H3/b11-10-,36-27+. The molecule has 0 bridgehead atoms. The fraction of sp³-hybridized carbons (Fsp3) is 0.553. The van der Waals surface area contributed by atoms with Gasteiger partial charge in [0, 0.05) is 5.56 Å². The maximum atomic E-state index is 14.7. The minimum atomic E-state index is -4.78. The van der Waals surface area contributed by atoms with Gasteiger partial charge in [-0.25, -0.2) is 4.39 Å². The van der Waals surface area contributed by atoms with Crippen LogP contribution in [0.1, 0.15) is 134 Å². The van der Waals surface area contributed by atoms with E-state index in [0.29, 0.717) is 17.5 Å². The van der Waals surface area contributed by atoms with Crippen molar-refractivity contribution in [1.29, 1.82) is 0 Å². The second-order valence-corrected chi connectivity index (χ2v) is 11.7. The van der Waals surface area contributed by atoms with E-state index in [1.54, 1.807) is 30.3 Å². The molecular weight excluding hydrogens is 564 g/mol. The van der Waals surface area contributed by atoms with E-state index in [2.05, 4.69) is 19.1 Å². The van der Waals surface area contributed by atoms with Gasteiger partial charge in [-0.15, -0.1) is 0 Å². The molecule has 2 nitrogen and oxygen atoms in total. The molecule has 2 aromatic rings. The number of carbonyl (C=O) groups is 1. The van der Waals surface area contributed by atoms with Crippen LogP contribution in [0.2, 0.25) is 0 Å². The summed E-state index contributed by atoms with van der Waals surface area (Å²) in [6, 6.07) is 13.2. The summed E-state index contributed by atoms with van der Waals surface area (Å²) in [7, 11) is 0. The lowest BCUT2D eigenvalue weighted by Gasteiger charge is -2.16. The van der Waals surface area contributed by atoms with Crippen LogP contribution in [0.5, 0.6) is 0 Å². The second-order valence-electron chi connectivity index (χ2n) is 11.7. The largest absolute Gasteiger partial charge is 0.449 e. The number of benzene rings is 2. The normalized spacial score (nSPS) is 13.0. The third kappa shape index (κ3) is 15.2. The van der Waals surface area contributed by atoms with Gasteiger partial charge in [0.2, 0.25) is 5.76 Å². The van der Waals surface area contributed by atoms with Crippen molar-refractivity contribution in [2.24, 2.45) is 0 Å². The zero-order valence-electron chi connectivity index (χ0n) is 26.8. The Hall–Kier alpha value is -2.89. The predicted octanol–water partition coefficient (Wildman–Crippen LogP) is 12.8. The number of rotatable bonds is 22. The number of ether oxygens (including phenoxy) is 1. The second kappa shape index (κ2) is 21.8. The summed E-state index contributed by atoms with van der Waals surface area (Å²) in [5.41, 5.74) is 1.28. The molecule has 0 heterocycles. The number of hydrogen-bond donors (Lipinski definition) is 0. The SMILES string of the molecule is CCCCCCCC/C=C\CCCCCCCCCC/C=C(/OC(=O)C(C)c1ccc(-c2ccccc2)c(F)c1)C(F)(F)F. The molecule has 0 aliphatic heterocycles. The highest BCUT2D eigenvalue weighted by atomic mass is 19.4. The lowest BCUT2D eigenvalue weighted by atomic mass is 9.97. The first-order chi connectivity index (χ1) is 21.2. The van der Waals surface area contributed by atoms with Crippen molar-refractivity contribution in [1.82, 2.24) is 0 Å². The number of alkyl halides is 3. The van der Waals surface area contributed by atoms with Crippen LogP contribution in [0, 0.1) is 5.82 Å². The molecule has 0 radical (unpaired) electrons. The Morgan fingerprint density at radius 3 is 1.80 bits per heavy atom. The van der Waals surface area contributed by atoms with Gasteiger partial charge in [-0.1, -0.05) is 132 Å². The molecule has 1 unspecified atom stereocenters. The average Bonchev–Trinajstić information content (AvgIpc) is 3.01. The third-order valence-corrected chi connectivity index (χ3v) is 7.97. The first-order valence-electron chi connectivity index (χ1n) is 16.7. The predicted molar refractivity (Wildman–Crippen MR) is 174 cm³/mol. The van der Waals surface area contributed by atoms with Crippen molar-refractivity contribution in [2.75, 3.05) is 0 Å². The summed E-state index contributed by atoms with van der Waals surface area (Å²) in [6.45, 7) is 3.66. The van der Waals surface area contributed by atoms with E-state index in [-0.39, 0.29) is 12.0 Å². The zero-order valence-corrected chi connectivity index (χ0v) is 26.8. The van der Waals surface area contributed by atoms with E-state index < -0.39 is 29.6 Å². The maximum absolute atomic E-state index is 14.7. The van der Waals surface area contributed by atoms with E-state index in [4.69, 9.17) is 4.74 Å². The quantitative estimate of drug-likeness (QED) is 0.0432. The molecule has 0 aromatic heterocycles. The highest BCUT2D eigenvalue weighted by Gasteiger charge is 2.38. The zero-order chi connectivity index (χ0) is 32.0. The van der Waals surface area contributed by atoms with Crippen molar-refractivity contribution in [3.63, 3.8) is 0 Å². The van der Waals surface area contributed by atoms with Gasteiger partial charge in [-0.05, 0) is 68.7 Å². The minimum absolute atomic E-state index is 0.183. The summed E-state index contributed by atoms with van der Waals surface area (Å²) < 4.78 is 60.2. The number of esters is 1. The topological polar surface area (TPSA) is 26.3 Å². The first kappa shape index (κ1) is 37.3. The first-order valence-corrected chi connectivity index (χ1v) is 16.7. The van der Waals surface area contributed by atoms with Gasteiger partial charge in [-0.3, -0.25) is 4.79 Å². The number of halogens is 4. The summed E-state index contributed by atoms with van der Waals surface area (Å²) >= 11 is 0. The van der Waals surface area contributed by atoms with Crippen molar-refractivity contribution >= 4 is 5.97 Å². The van der Waals surface area contributed by atoms with Crippen LogP contribution in [0.25, 0.3) is 11.1 Å². The van der Waals surface area contributed by atoms with Crippen LogP contribution in [0.15, 0.2) is 72.5 Å². The number of allylic oxidation sites excluding steroid dienone is 4. The van der Waals surface area contributed by atoms with Crippen LogP contribution in [0.4, 0.5) is 17.6 Å². The van der Waals surface area contributed by atoms with Gasteiger partial charge in [0.1, 0.15) is 5.82 Å². The van der Waals surface area contributed by atoms with E-state index in [1.165, 1.54) is 83.3 Å². The molecule has 6 heteroatoms. The van der Waals surface area contributed by atoms with Gasteiger partial charge < -0.3 is 4.74 Å². The Bertz CT molecular complexity index is 1120. The molecular formula is C38H52F4O2. The average molecular weight is 617 g/mol. The number of hydrogen-bond acceptors (Lipinski definition) is 2. The summed E-state index contributed by atoms with van der Waals surface area (Å²) in [4.78, 5) is 12.6. The van der Waals surface area contributed by atoms with Gasteiger partial charge in [-0.2, -0.15) is 13.2 Å². The van der Waals surface area contributed by atoms with Gasteiger partial charge in [0.15, 0.2) is 0 Å². The molecule has 44 heavy (non-hydrogen) atoms. The maximum Gasteiger partial charge on any atom is 0.449 e. The van der Waals surface area contributed by atoms with Crippen molar-refractivity contribution in [2.45, 2.75) is 135 Å². The molecule has 0 amide bonds. The molecule has 0 fully saturated rings. The Morgan fingerprint density at radius 2 is 1.27 bits per heavy atom. The molecule has 0 spiro atoms. The Morgan fingerprint density at radius 1 is 0.750 bits per heavy atom. The Balaban J connectivity index is 1.63. The molecule has 2 aromatic carbocycles. The number of carbonyl (C=O) groups excluding carboxylic acids is 1. The Labute approximate surface area is 263 Å². The Kier molecular flexibility index (Phi) is 18.4.